The molecule has 0 radical (unpaired) electrons. The summed E-state index contributed by atoms with van der Waals surface area (Å²) in [6.07, 6.45) is 0. The lowest BCUT2D eigenvalue weighted by Crippen LogP contribution is -3.03. The molecule has 21 heavy (non-hydrogen) atoms. The fraction of sp³-hybridized carbons (Fsp3) is 0. The standard InChI is InChI=1S/C16H10N2O3/c19-15-13(9-5-1-3-7-11(9)17-15)14-10-6-2-4-8-12(10)18(21)16(14)20/h1-8,18H,(H,17,19)/b14-13+. The van der Waals surface area contributed by atoms with Crippen molar-refractivity contribution in [2.45, 2.75) is 0 Å². The number of hydroxylamine groups is 1. The highest BCUT2D eigenvalue weighted by Gasteiger charge is 2.40. The summed E-state index contributed by atoms with van der Waals surface area (Å²) in [5.41, 5.74) is 2.72. The highest BCUT2D eigenvalue weighted by molar-refractivity contribution is 6.45. The number of amides is 2. The second-order valence-electron chi connectivity index (χ2n) is 4.95. The third-order valence-electron chi connectivity index (χ3n) is 3.80. The molecule has 4 rings (SSSR count). The third-order valence-corrected chi connectivity index (χ3v) is 3.80. The zero-order valence-corrected chi connectivity index (χ0v) is 10.8. The van der Waals surface area contributed by atoms with Crippen molar-refractivity contribution >= 4 is 34.3 Å². The van der Waals surface area contributed by atoms with Gasteiger partial charge in [0.15, 0.2) is 0 Å². The van der Waals surface area contributed by atoms with Crippen LogP contribution >= 0.6 is 0 Å². The summed E-state index contributed by atoms with van der Waals surface area (Å²) in [5, 5.41) is 14.2. The first-order chi connectivity index (χ1) is 10.2. The Morgan fingerprint density at radius 1 is 0.857 bits per heavy atom. The third kappa shape index (κ3) is 1.53. The van der Waals surface area contributed by atoms with Crippen LogP contribution in [0.1, 0.15) is 11.1 Å². The van der Waals surface area contributed by atoms with E-state index in [1.165, 1.54) is 0 Å². The van der Waals surface area contributed by atoms with Crippen LogP contribution in [-0.2, 0) is 9.59 Å². The van der Waals surface area contributed by atoms with E-state index in [2.05, 4.69) is 5.32 Å². The molecule has 0 aromatic heterocycles. The number of hydrogen-bond acceptors (Lipinski definition) is 3. The SMILES string of the molecule is O=C1Nc2ccccc2/C1=C1\C(=O)[NH+]([O-])c2ccccc21. The number of fused-ring (bicyclic) bond motifs is 2. The molecule has 0 saturated heterocycles. The van der Waals surface area contributed by atoms with E-state index >= 15 is 0 Å². The molecule has 2 heterocycles. The minimum atomic E-state index is -0.613. The Bertz CT molecular complexity index is 839. The number of hydrogen-bond donors (Lipinski definition) is 2. The quantitative estimate of drug-likeness (QED) is 0.560. The molecule has 1 unspecified atom stereocenters. The predicted molar refractivity (Wildman–Crippen MR) is 77.3 cm³/mol. The first-order valence-electron chi connectivity index (χ1n) is 6.52. The molecule has 2 aromatic rings. The molecule has 5 nitrogen and oxygen atoms in total. The molecule has 0 bridgehead atoms. The van der Waals surface area contributed by atoms with E-state index < -0.39 is 11.0 Å². The maximum atomic E-state index is 12.3. The van der Waals surface area contributed by atoms with Crippen LogP contribution in [0, 0.1) is 5.21 Å². The molecule has 2 aromatic carbocycles. The van der Waals surface area contributed by atoms with Crippen molar-refractivity contribution in [1.29, 1.82) is 0 Å². The van der Waals surface area contributed by atoms with Crippen molar-refractivity contribution in [3.63, 3.8) is 0 Å². The van der Waals surface area contributed by atoms with Crippen LogP contribution in [0.25, 0.3) is 11.1 Å². The number of rotatable bonds is 0. The average molecular weight is 278 g/mol. The van der Waals surface area contributed by atoms with Gasteiger partial charge in [0.25, 0.3) is 5.91 Å². The maximum absolute atomic E-state index is 12.3. The normalized spacial score (nSPS) is 23.0. The summed E-state index contributed by atoms with van der Waals surface area (Å²) in [4.78, 5) is 24.6. The first kappa shape index (κ1) is 12.0. The number of nitrogens with one attached hydrogen (secondary N) is 2. The van der Waals surface area contributed by atoms with E-state index in [4.69, 9.17) is 0 Å². The van der Waals surface area contributed by atoms with E-state index in [1.54, 1.807) is 42.5 Å². The van der Waals surface area contributed by atoms with Gasteiger partial charge in [0, 0.05) is 17.3 Å². The van der Waals surface area contributed by atoms with Gasteiger partial charge in [-0.15, -0.1) is 0 Å². The molecule has 1 atom stereocenters. The second kappa shape index (κ2) is 4.12. The van der Waals surface area contributed by atoms with Gasteiger partial charge in [0.05, 0.1) is 11.1 Å². The number of carbonyl (C=O) groups is 2. The van der Waals surface area contributed by atoms with Crippen molar-refractivity contribution in [3.05, 3.63) is 64.9 Å². The lowest BCUT2D eigenvalue weighted by Gasteiger charge is -2.11. The molecule has 0 spiro atoms. The summed E-state index contributed by atoms with van der Waals surface area (Å²) in [5.74, 6) is -0.956. The van der Waals surface area contributed by atoms with Gasteiger partial charge < -0.3 is 10.5 Å². The Hall–Kier alpha value is -2.76. The molecule has 0 saturated carbocycles. The van der Waals surface area contributed by atoms with Crippen molar-refractivity contribution in [1.82, 2.24) is 0 Å². The zero-order valence-electron chi connectivity index (χ0n) is 10.8. The second-order valence-corrected chi connectivity index (χ2v) is 4.95. The van der Waals surface area contributed by atoms with E-state index in [-0.39, 0.29) is 17.1 Å². The number of carbonyl (C=O) groups excluding carboxylic acids is 2. The molecular weight excluding hydrogens is 268 g/mol. The monoisotopic (exact) mass is 278 g/mol. The largest absolute Gasteiger partial charge is 0.621 e. The molecule has 0 fully saturated rings. The fourth-order valence-electron chi connectivity index (χ4n) is 2.87. The summed E-state index contributed by atoms with van der Waals surface area (Å²) in [6, 6.07) is 13.9. The molecule has 5 heteroatoms. The van der Waals surface area contributed by atoms with Gasteiger partial charge in [-0.25, -0.2) is 4.79 Å². The van der Waals surface area contributed by atoms with E-state index in [9.17, 15) is 14.8 Å². The average Bonchev–Trinajstić information content (AvgIpc) is 2.95. The van der Waals surface area contributed by atoms with Crippen LogP contribution in [0.4, 0.5) is 11.4 Å². The summed E-state index contributed by atoms with van der Waals surface area (Å²) < 4.78 is 0. The van der Waals surface area contributed by atoms with E-state index in [0.717, 1.165) is 0 Å². The molecular formula is C16H10N2O3. The van der Waals surface area contributed by atoms with Crippen LogP contribution < -0.4 is 10.4 Å². The maximum Gasteiger partial charge on any atom is 0.350 e. The first-order valence-corrected chi connectivity index (χ1v) is 6.52. The zero-order chi connectivity index (χ0) is 14.6. The number of anilines is 1. The van der Waals surface area contributed by atoms with Gasteiger partial charge in [-0.2, -0.15) is 0 Å². The number of quaternary nitrogens is 1. The summed E-state index contributed by atoms with van der Waals surface area (Å²) in [7, 11) is 0. The predicted octanol–water partition coefficient (Wildman–Crippen LogP) is 1.10. The van der Waals surface area contributed by atoms with Crippen LogP contribution in [0.15, 0.2) is 48.5 Å². The van der Waals surface area contributed by atoms with Crippen LogP contribution in [-0.4, -0.2) is 11.8 Å². The highest BCUT2D eigenvalue weighted by atomic mass is 16.5. The molecule has 2 amide bonds. The number of benzene rings is 2. The number of para-hydroxylation sites is 2. The van der Waals surface area contributed by atoms with E-state index in [0.29, 0.717) is 22.5 Å². The lowest BCUT2D eigenvalue weighted by molar-refractivity contribution is -0.681. The van der Waals surface area contributed by atoms with Crippen molar-refractivity contribution in [2.24, 2.45) is 0 Å². The molecule has 0 aliphatic carbocycles. The molecule has 2 aliphatic heterocycles. The van der Waals surface area contributed by atoms with Crippen LogP contribution in [0.3, 0.4) is 0 Å². The van der Waals surface area contributed by atoms with E-state index in [1.807, 2.05) is 6.07 Å². The van der Waals surface area contributed by atoms with Crippen molar-refractivity contribution < 1.29 is 14.7 Å². The summed E-state index contributed by atoms with van der Waals surface area (Å²) in [6.45, 7) is 0. The summed E-state index contributed by atoms with van der Waals surface area (Å²) >= 11 is 0. The Labute approximate surface area is 120 Å². The molecule has 2 N–H and O–H groups in total. The van der Waals surface area contributed by atoms with Gasteiger partial charge in [-0.05, 0) is 12.1 Å². The topological polar surface area (TPSA) is 73.7 Å². The lowest BCUT2D eigenvalue weighted by atomic mass is 9.96. The van der Waals surface area contributed by atoms with Crippen LogP contribution in [0.5, 0.6) is 0 Å². The van der Waals surface area contributed by atoms with Gasteiger partial charge in [-0.3, -0.25) is 9.86 Å². The minimum Gasteiger partial charge on any atom is -0.621 e. The Balaban J connectivity index is 2.06. The molecule has 2 aliphatic rings. The van der Waals surface area contributed by atoms with Gasteiger partial charge in [-0.1, -0.05) is 30.3 Å². The minimum absolute atomic E-state index is 0.207. The Morgan fingerprint density at radius 3 is 2.33 bits per heavy atom. The van der Waals surface area contributed by atoms with Gasteiger partial charge in [0.2, 0.25) is 0 Å². The van der Waals surface area contributed by atoms with Gasteiger partial charge >= 0.3 is 5.91 Å². The Morgan fingerprint density at radius 2 is 1.52 bits per heavy atom. The smallest absolute Gasteiger partial charge is 0.350 e. The molecule has 102 valence electrons. The Kier molecular flexibility index (Phi) is 2.35. The van der Waals surface area contributed by atoms with Crippen molar-refractivity contribution in [2.75, 3.05) is 5.32 Å². The highest BCUT2D eigenvalue weighted by Crippen LogP contribution is 2.39. The fourth-order valence-corrected chi connectivity index (χ4v) is 2.87. The van der Waals surface area contributed by atoms with Gasteiger partial charge in [0.1, 0.15) is 11.3 Å². The van der Waals surface area contributed by atoms with Crippen molar-refractivity contribution in [3.8, 4) is 0 Å². The van der Waals surface area contributed by atoms with Crippen LogP contribution in [0.2, 0.25) is 0 Å².